The van der Waals surface area contributed by atoms with Crippen molar-refractivity contribution in [3.8, 4) is 0 Å². The molecule has 106 valence electrons. The predicted octanol–water partition coefficient (Wildman–Crippen LogP) is 1.27. The van der Waals surface area contributed by atoms with Crippen LogP contribution in [0.2, 0.25) is 0 Å². The van der Waals surface area contributed by atoms with Crippen molar-refractivity contribution in [1.29, 1.82) is 0 Å². The van der Waals surface area contributed by atoms with Crippen LogP contribution in [0.5, 0.6) is 0 Å². The topological polar surface area (TPSA) is 101 Å². The zero-order valence-electron chi connectivity index (χ0n) is 9.59. The van der Waals surface area contributed by atoms with Crippen LogP contribution in [-0.4, -0.2) is 34.4 Å². The molecular weight excluding hydrogens is 267 g/mol. The molecule has 0 heterocycles. The average Bonchev–Trinajstić information content (AvgIpc) is 2.29. The number of carboxylic acid groups (broad SMARTS) is 2. The van der Waals surface area contributed by atoms with Gasteiger partial charge in [0.1, 0.15) is 6.04 Å². The van der Waals surface area contributed by atoms with Gasteiger partial charge in [-0.3, -0.25) is 4.79 Å². The van der Waals surface area contributed by atoms with Crippen molar-refractivity contribution in [3.05, 3.63) is 35.9 Å². The quantitative estimate of drug-likeness (QED) is 0.773. The van der Waals surface area contributed by atoms with Crippen LogP contribution < -0.4 is 5.73 Å². The number of hydrogen-bond donors (Lipinski definition) is 3. The highest BCUT2D eigenvalue weighted by Gasteiger charge is 2.38. The first-order valence-electron chi connectivity index (χ1n) is 4.97. The molecule has 0 bridgehead atoms. The van der Waals surface area contributed by atoms with Gasteiger partial charge in [-0.05, 0) is 12.0 Å². The summed E-state index contributed by atoms with van der Waals surface area (Å²) in [5, 5.41) is 15.6. The summed E-state index contributed by atoms with van der Waals surface area (Å²) in [6.45, 7) is 0. The molecule has 19 heavy (non-hydrogen) atoms. The first-order valence-corrected chi connectivity index (χ1v) is 4.97. The van der Waals surface area contributed by atoms with Crippen LogP contribution in [0.1, 0.15) is 5.56 Å². The van der Waals surface area contributed by atoms with Gasteiger partial charge >= 0.3 is 18.1 Å². The van der Waals surface area contributed by atoms with Crippen molar-refractivity contribution >= 4 is 11.9 Å². The first kappa shape index (κ1) is 16.9. The smallest absolute Gasteiger partial charge is 0.480 e. The first-order chi connectivity index (χ1) is 8.64. The summed E-state index contributed by atoms with van der Waals surface area (Å²) < 4.78 is 31.7. The predicted molar refractivity (Wildman–Crippen MR) is 59.4 cm³/mol. The lowest BCUT2D eigenvalue weighted by atomic mass is 10.1. The van der Waals surface area contributed by atoms with E-state index in [1.807, 2.05) is 30.3 Å². The number of halogens is 3. The monoisotopic (exact) mass is 279 g/mol. The van der Waals surface area contributed by atoms with Crippen molar-refractivity contribution in [2.24, 2.45) is 5.73 Å². The molecule has 0 radical (unpaired) electrons. The van der Waals surface area contributed by atoms with Gasteiger partial charge in [-0.25, -0.2) is 4.79 Å². The number of carboxylic acids is 2. The van der Waals surface area contributed by atoms with Crippen LogP contribution >= 0.6 is 0 Å². The number of hydrogen-bond acceptors (Lipinski definition) is 3. The van der Waals surface area contributed by atoms with Gasteiger partial charge in [0.05, 0.1) is 0 Å². The number of nitrogens with two attached hydrogens (primary N) is 1. The van der Waals surface area contributed by atoms with Gasteiger partial charge in [0.25, 0.3) is 0 Å². The Hall–Kier alpha value is -2.09. The van der Waals surface area contributed by atoms with Crippen LogP contribution in [0, 0.1) is 0 Å². The number of alkyl halides is 3. The van der Waals surface area contributed by atoms with Gasteiger partial charge in [-0.15, -0.1) is 0 Å². The second-order valence-electron chi connectivity index (χ2n) is 3.44. The van der Waals surface area contributed by atoms with Crippen molar-refractivity contribution in [1.82, 2.24) is 0 Å². The third kappa shape index (κ3) is 7.77. The Morgan fingerprint density at radius 3 is 1.89 bits per heavy atom. The number of benzene rings is 1. The maximum atomic E-state index is 10.6. The molecule has 0 saturated carbocycles. The van der Waals surface area contributed by atoms with E-state index in [2.05, 4.69) is 0 Å². The lowest BCUT2D eigenvalue weighted by molar-refractivity contribution is -0.192. The highest BCUT2D eigenvalue weighted by atomic mass is 19.4. The minimum absolute atomic E-state index is 0.385. The molecule has 1 atom stereocenters. The van der Waals surface area contributed by atoms with E-state index in [0.29, 0.717) is 6.42 Å². The third-order valence-corrected chi connectivity index (χ3v) is 1.86. The largest absolute Gasteiger partial charge is 0.490 e. The minimum atomic E-state index is -5.08. The summed E-state index contributed by atoms with van der Waals surface area (Å²) in [6, 6.07) is 8.54. The minimum Gasteiger partial charge on any atom is -0.480 e. The fourth-order valence-electron chi connectivity index (χ4n) is 0.955. The van der Waals surface area contributed by atoms with Crippen molar-refractivity contribution < 1.29 is 33.0 Å². The summed E-state index contributed by atoms with van der Waals surface area (Å²) in [6.07, 6.45) is -4.70. The zero-order valence-corrected chi connectivity index (χ0v) is 9.59. The molecule has 1 rings (SSSR count). The molecular formula is C11H12F3NO4. The molecule has 0 unspecified atom stereocenters. The van der Waals surface area contributed by atoms with Crippen molar-refractivity contribution in [2.45, 2.75) is 18.6 Å². The van der Waals surface area contributed by atoms with E-state index in [4.69, 9.17) is 20.7 Å². The fraction of sp³-hybridized carbons (Fsp3) is 0.273. The molecule has 0 amide bonds. The van der Waals surface area contributed by atoms with Crippen LogP contribution in [0.15, 0.2) is 30.3 Å². The van der Waals surface area contributed by atoms with Crippen molar-refractivity contribution in [3.63, 3.8) is 0 Å². The summed E-state index contributed by atoms with van der Waals surface area (Å²) >= 11 is 0. The van der Waals surface area contributed by atoms with Crippen molar-refractivity contribution in [2.75, 3.05) is 0 Å². The highest BCUT2D eigenvalue weighted by Crippen LogP contribution is 2.13. The molecule has 0 fully saturated rings. The van der Waals surface area contributed by atoms with Crippen LogP contribution in [0.4, 0.5) is 13.2 Å². The maximum absolute atomic E-state index is 10.6. The van der Waals surface area contributed by atoms with E-state index in [1.54, 1.807) is 0 Å². The van der Waals surface area contributed by atoms with E-state index in [1.165, 1.54) is 0 Å². The molecule has 1 aromatic carbocycles. The number of carbonyl (C=O) groups is 2. The molecule has 0 aliphatic rings. The molecule has 4 N–H and O–H groups in total. The summed E-state index contributed by atoms with van der Waals surface area (Å²) in [7, 11) is 0. The van der Waals surface area contributed by atoms with Gasteiger partial charge in [0.2, 0.25) is 0 Å². The number of rotatable bonds is 3. The molecule has 0 aliphatic heterocycles. The van der Waals surface area contributed by atoms with Gasteiger partial charge in [-0.2, -0.15) is 13.2 Å². The molecule has 5 nitrogen and oxygen atoms in total. The SMILES string of the molecule is N[C@H](Cc1ccccc1)C(=O)O.O=C(O)C(F)(F)F. The second-order valence-corrected chi connectivity index (χ2v) is 3.44. The second kappa shape index (κ2) is 7.37. The van der Waals surface area contributed by atoms with Crippen LogP contribution in [0.3, 0.4) is 0 Å². The van der Waals surface area contributed by atoms with Crippen LogP contribution in [0.25, 0.3) is 0 Å². The van der Waals surface area contributed by atoms with E-state index >= 15 is 0 Å². The molecule has 8 heteroatoms. The molecule has 0 spiro atoms. The zero-order chi connectivity index (χ0) is 15.1. The normalized spacial score (nSPS) is 12.0. The van der Waals surface area contributed by atoms with E-state index in [9.17, 15) is 18.0 Å². The van der Waals surface area contributed by atoms with E-state index in [-0.39, 0.29) is 0 Å². The Bertz CT molecular complexity index is 420. The Morgan fingerprint density at radius 2 is 1.58 bits per heavy atom. The van der Waals surface area contributed by atoms with Crippen LogP contribution in [-0.2, 0) is 16.0 Å². The molecule has 0 saturated heterocycles. The standard InChI is InChI=1S/C9H11NO2.C2HF3O2/c10-8(9(11)12)6-7-4-2-1-3-5-7;3-2(4,5)1(6)7/h1-5,8H,6,10H2,(H,11,12);(H,6,7)/t8-;/m1./s1. The molecule has 0 aromatic heterocycles. The average molecular weight is 279 g/mol. The highest BCUT2D eigenvalue weighted by molar-refractivity contribution is 5.73. The lowest BCUT2D eigenvalue weighted by Crippen LogP contribution is -2.32. The van der Waals surface area contributed by atoms with Gasteiger partial charge in [0, 0.05) is 0 Å². The van der Waals surface area contributed by atoms with E-state index in [0.717, 1.165) is 5.56 Å². The molecule has 1 aromatic rings. The summed E-state index contributed by atoms with van der Waals surface area (Å²) in [5.41, 5.74) is 6.30. The van der Waals surface area contributed by atoms with Gasteiger partial charge < -0.3 is 15.9 Å². The fourth-order valence-corrected chi connectivity index (χ4v) is 0.955. The Morgan fingerprint density at radius 1 is 1.16 bits per heavy atom. The third-order valence-electron chi connectivity index (χ3n) is 1.86. The maximum Gasteiger partial charge on any atom is 0.490 e. The lowest BCUT2D eigenvalue weighted by Gasteiger charge is -2.04. The van der Waals surface area contributed by atoms with Gasteiger partial charge in [-0.1, -0.05) is 30.3 Å². The number of aliphatic carboxylic acids is 2. The Kier molecular flexibility index (Phi) is 6.56. The Balaban J connectivity index is 0.000000399. The summed E-state index contributed by atoms with van der Waals surface area (Å²) in [4.78, 5) is 19.3. The summed E-state index contributed by atoms with van der Waals surface area (Å²) in [5.74, 6) is -3.72. The van der Waals surface area contributed by atoms with Gasteiger partial charge in [0.15, 0.2) is 0 Å². The molecule has 0 aliphatic carbocycles. The van der Waals surface area contributed by atoms with E-state index < -0.39 is 24.2 Å². The Labute approximate surface area is 106 Å².